The monoisotopic (exact) mass is 339 g/mol. The molecule has 0 aliphatic rings. The summed E-state index contributed by atoms with van der Waals surface area (Å²) in [5.74, 6) is -0.445. The highest BCUT2D eigenvalue weighted by molar-refractivity contribution is 5.78. The molecule has 0 bridgehead atoms. The van der Waals surface area contributed by atoms with E-state index in [0.717, 1.165) is 16.8 Å². The standard InChI is InChI=1S/C19H18FN3O2/c20-16-4-6-18(7-5-16)23-9-8-17(22-23)11-19(25)21-12-14-2-1-3-15(10-14)13-24/h1-10,24H,11-13H2,(H,21,25). The smallest absolute Gasteiger partial charge is 0.226 e. The van der Waals surface area contributed by atoms with Crippen LogP contribution in [0.3, 0.4) is 0 Å². The van der Waals surface area contributed by atoms with E-state index >= 15 is 0 Å². The molecule has 3 aromatic rings. The molecule has 0 saturated carbocycles. The van der Waals surface area contributed by atoms with Crippen molar-refractivity contribution in [3.63, 3.8) is 0 Å². The zero-order valence-electron chi connectivity index (χ0n) is 13.5. The predicted octanol–water partition coefficient (Wildman–Crippen LogP) is 2.36. The van der Waals surface area contributed by atoms with Crippen molar-refractivity contribution in [2.75, 3.05) is 0 Å². The molecular formula is C19H18FN3O2. The molecule has 0 aliphatic carbocycles. The number of carbonyl (C=O) groups excluding carboxylic acids is 1. The molecule has 128 valence electrons. The molecule has 1 amide bonds. The van der Waals surface area contributed by atoms with Gasteiger partial charge in [0.25, 0.3) is 0 Å². The fourth-order valence-electron chi connectivity index (χ4n) is 2.46. The fourth-order valence-corrected chi connectivity index (χ4v) is 2.46. The van der Waals surface area contributed by atoms with Gasteiger partial charge >= 0.3 is 0 Å². The Kier molecular flexibility index (Phi) is 5.20. The number of aliphatic hydroxyl groups excluding tert-OH is 1. The van der Waals surface area contributed by atoms with Crippen molar-refractivity contribution < 1.29 is 14.3 Å². The van der Waals surface area contributed by atoms with E-state index in [4.69, 9.17) is 5.11 Å². The first kappa shape index (κ1) is 16.9. The van der Waals surface area contributed by atoms with E-state index in [1.54, 1.807) is 29.1 Å². The van der Waals surface area contributed by atoms with Gasteiger partial charge in [-0.3, -0.25) is 4.79 Å². The number of halogens is 1. The molecule has 25 heavy (non-hydrogen) atoms. The second-order valence-corrected chi connectivity index (χ2v) is 5.66. The second-order valence-electron chi connectivity index (χ2n) is 5.66. The molecule has 2 N–H and O–H groups in total. The summed E-state index contributed by atoms with van der Waals surface area (Å²) in [4.78, 5) is 12.1. The third kappa shape index (κ3) is 4.51. The topological polar surface area (TPSA) is 67.2 Å². The van der Waals surface area contributed by atoms with E-state index in [9.17, 15) is 9.18 Å². The molecule has 2 aromatic carbocycles. The van der Waals surface area contributed by atoms with Crippen molar-refractivity contribution >= 4 is 5.91 Å². The minimum Gasteiger partial charge on any atom is -0.392 e. The SMILES string of the molecule is O=C(Cc1ccn(-c2ccc(F)cc2)n1)NCc1cccc(CO)c1. The average Bonchev–Trinajstić information content (AvgIpc) is 3.09. The van der Waals surface area contributed by atoms with Crippen molar-refractivity contribution in [1.82, 2.24) is 15.1 Å². The van der Waals surface area contributed by atoms with Crippen LogP contribution in [-0.4, -0.2) is 20.8 Å². The number of nitrogens with one attached hydrogen (secondary N) is 1. The van der Waals surface area contributed by atoms with Gasteiger partial charge in [-0.2, -0.15) is 5.10 Å². The van der Waals surface area contributed by atoms with Crippen LogP contribution in [0.5, 0.6) is 0 Å². The average molecular weight is 339 g/mol. The van der Waals surface area contributed by atoms with Gasteiger partial charge in [0.2, 0.25) is 5.91 Å². The van der Waals surface area contributed by atoms with Crippen LogP contribution in [0.1, 0.15) is 16.8 Å². The molecule has 1 aromatic heterocycles. The van der Waals surface area contributed by atoms with Crippen LogP contribution >= 0.6 is 0 Å². The maximum atomic E-state index is 13.0. The molecule has 0 aliphatic heterocycles. The lowest BCUT2D eigenvalue weighted by Gasteiger charge is -2.06. The summed E-state index contributed by atoms with van der Waals surface area (Å²) >= 11 is 0. The molecule has 0 saturated heterocycles. The van der Waals surface area contributed by atoms with Crippen LogP contribution < -0.4 is 5.32 Å². The lowest BCUT2D eigenvalue weighted by Crippen LogP contribution is -2.24. The summed E-state index contributed by atoms with van der Waals surface area (Å²) < 4.78 is 14.6. The highest BCUT2D eigenvalue weighted by Gasteiger charge is 2.07. The molecule has 0 spiro atoms. The van der Waals surface area contributed by atoms with Crippen LogP contribution in [0.4, 0.5) is 4.39 Å². The molecular weight excluding hydrogens is 321 g/mol. The van der Waals surface area contributed by atoms with Gasteiger partial charge < -0.3 is 10.4 Å². The minimum absolute atomic E-state index is 0.0252. The predicted molar refractivity (Wildman–Crippen MR) is 91.4 cm³/mol. The Morgan fingerprint density at radius 2 is 1.88 bits per heavy atom. The fraction of sp³-hybridized carbons (Fsp3) is 0.158. The minimum atomic E-state index is -0.305. The summed E-state index contributed by atoms with van der Waals surface area (Å²) in [6.45, 7) is 0.369. The number of amides is 1. The Hall–Kier alpha value is -2.99. The Labute approximate surface area is 144 Å². The molecule has 1 heterocycles. The number of nitrogens with zero attached hydrogens (tertiary/aromatic N) is 2. The van der Waals surface area contributed by atoms with Crippen LogP contribution in [0.15, 0.2) is 60.8 Å². The lowest BCUT2D eigenvalue weighted by atomic mass is 10.1. The van der Waals surface area contributed by atoms with E-state index in [1.807, 2.05) is 24.3 Å². The first-order chi connectivity index (χ1) is 12.1. The van der Waals surface area contributed by atoms with Gasteiger partial charge in [0.1, 0.15) is 5.82 Å². The van der Waals surface area contributed by atoms with Gasteiger partial charge in [-0.05, 0) is 41.5 Å². The van der Waals surface area contributed by atoms with Gasteiger partial charge in [0.15, 0.2) is 0 Å². The number of aromatic nitrogens is 2. The molecule has 0 unspecified atom stereocenters. The summed E-state index contributed by atoms with van der Waals surface area (Å²) in [7, 11) is 0. The Bertz CT molecular complexity index is 859. The van der Waals surface area contributed by atoms with Gasteiger partial charge in [0.05, 0.1) is 24.4 Å². The highest BCUT2D eigenvalue weighted by atomic mass is 19.1. The van der Waals surface area contributed by atoms with Crippen LogP contribution in [0.2, 0.25) is 0 Å². The third-order valence-corrected chi connectivity index (χ3v) is 3.74. The van der Waals surface area contributed by atoms with Crippen molar-refractivity contribution in [3.8, 4) is 5.69 Å². The van der Waals surface area contributed by atoms with Crippen LogP contribution in [-0.2, 0) is 24.4 Å². The molecule has 6 heteroatoms. The maximum absolute atomic E-state index is 13.0. The first-order valence-electron chi connectivity index (χ1n) is 7.90. The Morgan fingerprint density at radius 3 is 2.64 bits per heavy atom. The van der Waals surface area contributed by atoms with Crippen molar-refractivity contribution in [1.29, 1.82) is 0 Å². The highest BCUT2D eigenvalue weighted by Crippen LogP contribution is 2.09. The largest absolute Gasteiger partial charge is 0.392 e. The number of rotatable bonds is 6. The summed E-state index contributed by atoms with van der Waals surface area (Å²) in [5, 5.41) is 16.3. The molecule has 0 fully saturated rings. The van der Waals surface area contributed by atoms with E-state index < -0.39 is 0 Å². The molecule has 5 nitrogen and oxygen atoms in total. The van der Waals surface area contributed by atoms with Crippen molar-refractivity contribution in [2.24, 2.45) is 0 Å². The number of aliphatic hydroxyl groups is 1. The van der Waals surface area contributed by atoms with Crippen LogP contribution in [0, 0.1) is 5.82 Å². The van der Waals surface area contributed by atoms with Gasteiger partial charge in [-0.25, -0.2) is 9.07 Å². The summed E-state index contributed by atoms with van der Waals surface area (Å²) in [6.07, 6.45) is 1.90. The van der Waals surface area contributed by atoms with E-state index in [2.05, 4.69) is 10.4 Å². The lowest BCUT2D eigenvalue weighted by molar-refractivity contribution is -0.120. The normalized spacial score (nSPS) is 10.6. The number of hydrogen-bond acceptors (Lipinski definition) is 3. The molecule has 3 rings (SSSR count). The van der Waals surface area contributed by atoms with E-state index in [-0.39, 0.29) is 24.8 Å². The van der Waals surface area contributed by atoms with Gasteiger partial charge in [-0.1, -0.05) is 24.3 Å². The number of benzene rings is 2. The van der Waals surface area contributed by atoms with Crippen LogP contribution in [0.25, 0.3) is 5.69 Å². The maximum Gasteiger partial charge on any atom is 0.226 e. The summed E-state index contributed by atoms with van der Waals surface area (Å²) in [6, 6.07) is 15.2. The molecule has 0 atom stereocenters. The van der Waals surface area contributed by atoms with E-state index in [1.165, 1.54) is 12.1 Å². The Morgan fingerprint density at radius 1 is 1.12 bits per heavy atom. The summed E-state index contributed by atoms with van der Waals surface area (Å²) in [5.41, 5.74) is 3.10. The quantitative estimate of drug-likeness (QED) is 0.724. The number of carbonyl (C=O) groups is 1. The Balaban J connectivity index is 1.57. The van der Waals surface area contributed by atoms with Gasteiger partial charge in [0, 0.05) is 12.7 Å². The zero-order valence-corrected chi connectivity index (χ0v) is 13.5. The second kappa shape index (κ2) is 7.72. The molecule has 0 radical (unpaired) electrons. The first-order valence-corrected chi connectivity index (χ1v) is 7.90. The zero-order chi connectivity index (χ0) is 17.6. The van der Waals surface area contributed by atoms with Crippen molar-refractivity contribution in [3.05, 3.63) is 83.4 Å². The third-order valence-electron chi connectivity index (χ3n) is 3.74. The van der Waals surface area contributed by atoms with Gasteiger partial charge in [-0.15, -0.1) is 0 Å². The van der Waals surface area contributed by atoms with E-state index in [0.29, 0.717) is 12.2 Å². The van der Waals surface area contributed by atoms with Crippen molar-refractivity contribution in [2.45, 2.75) is 19.6 Å². The number of hydrogen-bond donors (Lipinski definition) is 2.